The van der Waals surface area contributed by atoms with Gasteiger partial charge in [-0.25, -0.2) is 4.98 Å². The predicted octanol–water partition coefficient (Wildman–Crippen LogP) is 1.51. The van der Waals surface area contributed by atoms with Gasteiger partial charge in [0.2, 0.25) is 5.95 Å². The van der Waals surface area contributed by atoms with E-state index in [1.807, 2.05) is 42.6 Å². The minimum atomic E-state index is 0.715. The monoisotopic (exact) mass is 369 g/mol. The molecule has 0 saturated carbocycles. The van der Waals surface area contributed by atoms with Crippen molar-refractivity contribution in [3.05, 3.63) is 42.6 Å². The Morgan fingerprint density at radius 3 is 2.44 bits per heavy atom. The molecule has 0 N–H and O–H groups in total. The molecule has 1 aromatic carbocycles. The average Bonchev–Trinajstić information content (AvgIpc) is 2.76. The Kier molecular flexibility index (Phi) is 6.01. The van der Waals surface area contributed by atoms with Crippen LogP contribution in [-0.2, 0) is 4.74 Å². The fraction of sp³-hybridized carbons (Fsp3) is 0.500. The van der Waals surface area contributed by atoms with E-state index in [2.05, 4.69) is 19.7 Å². The standard InChI is InChI=1S/C20H27N5O2/c1-2-4-18(5-3-1)27-17-12-23-8-10-25(11-9-23)20-21-7-6-19(22-20)24-13-15-26-16-14-24/h1-7H,8-17H2. The van der Waals surface area contributed by atoms with Crippen LogP contribution in [0, 0.1) is 0 Å². The second kappa shape index (κ2) is 9.01. The number of morpholine rings is 1. The zero-order valence-electron chi connectivity index (χ0n) is 15.7. The van der Waals surface area contributed by atoms with Crippen molar-refractivity contribution in [1.82, 2.24) is 14.9 Å². The van der Waals surface area contributed by atoms with Crippen molar-refractivity contribution < 1.29 is 9.47 Å². The molecule has 2 saturated heterocycles. The van der Waals surface area contributed by atoms with Crippen molar-refractivity contribution >= 4 is 11.8 Å². The van der Waals surface area contributed by atoms with Crippen LogP contribution < -0.4 is 14.5 Å². The van der Waals surface area contributed by atoms with Crippen molar-refractivity contribution in [3.8, 4) is 5.75 Å². The van der Waals surface area contributed by atoms with Gasteiger partial charge in [0.15, 0.2) is 0 Å². The molecule has 2 fully saturated rings. The molecule has 7 heteroatoms. The van der Waals surface area contributed by atoms with Crippen LogP contribution in [0.1, 0.15) is 0 Å². The quantitative estimate of drug-likeness (QED) is 0.765. The zero-order valence-corrected chi connectivity index (χ0v) is 15.7. The molecule has 0 unspecified atom stereocenters. The Labute approximate surface area is 160 Å². The van der Waals surface area contributed by atoms with Crippen LogP contribution in [0.4, 0.5) is 11.8 Å². The molecule has 0 atom stereocenters. The van der Waals surface area contributed by atoms with Gasteiger partial charge in [0.25, 0.3) is 0 Å². The molecule has 0 radical (unpaired) electrons. The number of hydrogen-bond acceptors (Lipinski definition) is 7. The SMILES string of the molecule is c1ccc(OCCN2CCN(c3nccc(N4CCOCC4)n3)CC2)cc1. The highest BCUT2D eigenvalue weighted by Crippen LogP contribution is 2.17. The molecular formula is C20H27N5O2. The highest BCUT2D eigenvalue weighted by atomic mass is 16.5. The number of hydrogen-bond donors (Lipinski definition) is 0. The van der Waals surface area contributed by atoms with Gasteiger partial charge in [-0.3, -0.25) is 4.90 Å². The fourth-order valence-electron chi connectivity index (χ4n) is 3.44. The van der Waals surface area contributed by atoms with E-state index in [0.29, 0.717) is 6.61 Å². The van der Waals surface area contributed by atoms with E-state index >= 15 is 0 Å². The Morgan fingerprint density at radius 1 is 0.889 bits per heavy atom. The summed E-state index contributed by atoms with van der Waals surface area (Å²) in [5, 5.41) is 0. The molecule has 7 nitrogen and oxygen atoms in total. The third-order valence-corrected chi connectivity index (χ3v) is 5.04. The van der Waals surface area contributed by atoms with Crippen LogP contribution in [0.3, 0.4) is 0 Å². The number of rotatable bonds is 6. The first-order valence-electron chi connectivity index (χ1n) is 9.69. The van der Waals surface area contributed by atoms with Gasteiger partial charge in [-0.15, -0.1) is 0 Å². The van der Waals surface area contributed by atoms with Crippen LogP contribution in [0.2, 0.25) is 0 Å². The topological polar surface area (TPSA) is 54.0 Å². The molecule has 0 bridgehead atoms. The first kappa shape index (κ1) is 18.0. The van der Waals surface area contributed by atoms with Crippen molar-refractivity contribution in [2.24, 2.45) is 0 Å². The Bertz CT molecular complexity index is 701. The van der Waals surface area contributed by atoms with E-state index in [-0.39, 0.29) is 0 Å². The van der Waals surface area contributed by atoms with Gasteiger partial charge < -0.3 is 19.3 Å². The fourth-order valence-corrected chi connectivity index (χ4v) is 3.44. The Balaban J connectivity index is 1.25. The van der Waals surface area contributed by atoms with Gasteiger partial charge >= 0.3 is 0 Å². The van der Waals surface area contributed by atoms with E-state index in [1.54, 1.807) is 0 Å². The average molecular weight is 369 g/mol. The molecule has 3 heterocycles. The molecule has 27 heavy (non-hydrogen) atoms. The Hall–Kier alpha value is -2.38. The number of nitrogens with zero attached hydrogens (tertiary/aromatic N) is 5. The van der Waals surface area contributed by atoms with Crippen molar-refractivity contribution in [2.45, 2.75) is 0 Å². The van der Waals surface area contributed by atoms with Crippen molar-refractivity contribution in [1.29, 1.82) is 0 Å². The lowest BCUT2D eigenvalue weighted by Gasteiger charge is -2.35. The number of piperazine rings is 1. The summed E-state index contributed by atoms with van der Waals surface area (Å²) < 4.78 is 11.2. The summed E-state index contributed by atoms with van der Waals surface area (Å²) in [5.74, 6) is 2.77. The molecule has 0 spiro atoms. The summed E-state index contributed by atoms with van der Waals surface area (Å²) in [4.78, 5) is 16.3. The molecule has 0 aliphatic carbocycles. The van der Waals surface area contributed by atoms with Crippen LogP contribution in [0.5, 0.6) is 5.75 Å². The second-order valence-electron chi connectivity index (χ2n) is 6.80. The van der Waals surface area contributed by atoms with Crippen LogP contribution in [0.25, 0.3) is 0 Å². The maximum Gasteiger partial charge on any atom is 0.227 e. The largest absolute Gasteiger partial charge is 0.492 e. The van der Waals surface area contributed by atoms with E-state index in [4.69, 9.17) is 14.5 Å². The predicted molar refractivity (Wildman–Crippen MR) is 106 cm³/mol. The van der Waals surface area contributed by atoms with Crippen LogP contribution in [0.15, 0.2) is 42.6 Å². The van der Waals surface area contributed by atoms with Gasteiger partial charge in [-0.2, -0.15) is 4.98 Å². The van der Waals surface area contributed by atoms with Crippen molar-refractivity contribution in [2.75, 3.05) is 75.4 Å². The molecule has 1 aromatic heterocycles. The second-order valence-corrected chi connectivity index (χ2v) is 6.80. The molecule has 144 valence electrons. The Morgan fingerprint density at radius 2 is 1.67 bits per heavy atom. The van der Waals surface area contributed by atoms with Gasteiger partial charge in [0.05, 0.1) is 13.2 Å². The third kappa shape index (κ3) is 4.87. The molecule has 2 aromatic rings. The minimum absolute atomic E-state index is 0.715. The molecule has 2 aliphatic rings. The number of aromatic nitrogens is 2. The number of benzene rings is 1. The minimum Gasteiger partial charge on any atom is -0.492 e. The van der Waals surface area contributed by atoms with Crippen LogP contribution in [-0.4, -0.2) is 80.5 Å². The maximum atomic E-state index is 5.81. The van der Waals surface area contributed by atoms with E-state index in [9.17, 15) is 0 Å². The van der Waals surface area contributed by atoms with Gasteiger partial charge in [-0.1, -0.05) is 18.2 Å². The number of ether oxygens (including phenoxy) is 2. The van der Waals surface area contributed by atoms with Crippen LogP contribution >= 0.6 is 0 Å². The summed E-state index contributed by atoms with van der Waals surface area (Å²) in [6.07, 6.45) is 1.87. The van der Waals surface area contributed by atoms with Gasteiger partial charge in [-0.05, 0) is 18.2 Å². The zero-order chi connectivity index (χ0) is 18.3. The first-order valence-corrected chi connectivity index (χ1v) is 9.69. The highest BCUT2D eigenvalue weighted by molar-refractivity contribution is 5.44. The highest BCUT2D eigenvalue weighted by Gasteiger charge is 2.20. The maximum absolute atomic E-state index is 5.81. The summed E-state index contributed by atoms with van der Waals surface area (Å²) in [7, 11) is 0. The molecular weight excluding hydrogens is 342 g/mol. The number of para-hydroxylation sites is 1. The van der Waals surface area contributed by atoms with Gasteiger partial charge in [0, 0.05) is 52.0 Å². The molecule has 2 aliphatic heterocycles. The lowest BCUT2D eigenvalue weighted by atomic mass is 10.3. The summed E-state index contributed by atoms with van der Waals surface area (Å²) >= 11 is 0. The van der Waals surface area contributed by atoms with Gasteiger partial charge in [0.1, 0.15) is 18.2 Å². The van der Waals surface area contributed by atoms with Crippen molar-refractivity contribution in [3.63, 3.8) is 0 Å². The smallest absolute Gasteiger partial charge is 0.227 e. The summed E-state index contributed by atoms with van der Waals surface area (Å²) in [5.41, 5.74) is 0. The summed E-state index contributed by atoms with van der Waals surface area (Å²) in [6, 6.07) is 12.0. The third-order valence-electron chi connectivity index (χ3n) is 5.04. The lowest BCUT2D eigenvalue weighted by molar-refractivity contribution is 0.122. The first-order chi connectivity index (χ1) is 13.4. The summed E-state index contributed by atoms with van der Waals surface area (Å²) in [6.45, 7) is 8.87. The lowest BCUT2D eigenvalue weighted by Crippen LogP contribution is -2.48. The normalized spacial score (nSPS) is 18.5. The molecule has 4 rings (SSSR count). The van der Waals surface area contributed by atoms with E-state index < -0.39 is 0 Å². The van der Waals surface area contributed by atoms with E-state index in [1.165, 1.54) is 0 Å². The number of anilines is 2. The van der Waals surface area contributed by atoms with E-state index in [0.717, 1.165) is 76.5 Å². The molecule has 0 amide bonds.